The third-order valence-corrected chi connectivity index (χ3v) is 7.09. The predicted octanol–water partition coefficient (Wildman–Crippen LogP) is 2.46. The molecule has 0 radical (unpaired) electrons. The Hall–Kier alpha value is -1.88. The fourth-order valence-electron chi connectivity index (χ4n) is 5.22. The van der Waals surface area contributed by atoms with Crippen LogP contribution in [0.3, 0.4) is 0 Å². The van der Waals surface area contributed by atoms with Crippen molar-refractivity contribution < 1.29 is 9.59 Å². The summed E-state index contributed by atoms with van der Waals surface area (Å²) in [6, 6.07) is 10.7. The van der Waals surface area contributed by atoms with Crippen LogP contribution >= 0.6 is 0 Å². The average molecular weight is 384 g/mol. The van der Waals surface area contributed by atoms with Crippen LogP contribution in [-0.4, -0.2) is 59.9 Å². The van der Waals surface area contributed by atoms with Crippen LogP contribution in [0.2, 0.25) is 0 Å². The van der Waals surface area contributed by atoms with Crippen molar-refractivity contribution in [2.24, 2.45) is 11.3 Å². The van der Waals surface area contributed by atoms with E-state index in [1.54, 1.807) is 0 Å². The van der Waals surface area contributed by atoms with Gasteiger partial charge in [-0.15, -0.1) is 0 Å². The molecule has 2 atom stereocenters. The molecule has 4 rings (SSSR count). The molecule has 3 saturated heterocycles. The van der Waals surface area contributed by atoms with Crippen LogP contribution in [0.1, 0.15) is 45.1 Å². The van der Waals surface area contributed by atoms with Gasteiger partial charge in [-0.2, -0.15) is 0 Å². The number of carbonyl (C=O) groups excluding carboxylic acids is 2. The lowest BCUT2D eigenvalue weighted by molar-refractivity contribution is -0.135. The summed E-state index contributed by atoms with van der Waals surface area (Å²) >= 11 is 0. The number of rotatable bonds is 4. The molecule has 28 heavy (non-hydrogen) atoms. The normalized spacial score (nSPS) is 29.0. The minimum Gasteiger partial charge on any atom is -0.344 e. The molecule has 1 spiro atoms. The van der Waals surface area contributed by atoms with Gasteiger partial charge >= 0.3 is 0 Å². The van der Waals surface area contributed by atoms with E-state index >= 15 is 0 Å². The van der Waals surface area contributed by atoms with Crippen LogP contribution in [-0.2, 0) is 16.0 Å². The maximum atomic E-state index is 13.1. The highest BCUT2D eigenvalue weighted by Crippen LogP contribution is 2.40. The van der Waals surface area contributed by atoms with Gasteiger partial charge in [-0.05, 0) is 64.0 Å². The van der Waals surface area contributed by atoms with E-state index in [0.717, 1.165) is 51.9 Å². The second-order valence-electron chi connectivity index (χ2n) is 9.28. The standard InChI is InChI=1S/C23H33N3O2/c1-17(2)26-13-10-23(16-26)15-20(24-22(23)28)21(27)25-11-8-19(9-12-25)14-18-6-4-3-5-7-18/h3-7,17,19-20H,8-16H2,1-2H3,(H,24,28)/t20-,23+/m0/s1. The Kier molecular flexibility index (Phi) is 5.46. The highest BCUT2D eigenvalue weighted by atomic mass is 16.2. The fourth-order valence-corrected chi connectivity index (χ4v) is 5.22. The third-order valence-electron chi connectivity index (χ3n) is 7.09. The summed E-state index contributed by atoms with van der Waals surface area (Å²) in [5, 5.41) is 3.04. The smallest absolute Gasteiger partial charge is 0.245 e. The van der Waals surface area contributed by atoms with E-state index in [-0.39, 0.29) is 23.3 Å². The lowest BCUT2D eigenvalue weighted by Gasteiger charge is -2.33. The van der Waals surface area contributed by atoms with Crippen LogP contribution in [0.25, 0.3) is 0 Å². The Balaban J connectivity index is 1.31. The van der Waals surface area contributed by atoms with E-state index in [9.17, 15) is 9.59 Å². The topological polar surface area (TPSA) is 52.7 Å². The average Bonchev–Trinajstić information content (AvgIpc) is 3.27. The van der Waals surface area contributed by atoms with Crippen molar-refractivity contribution >= 4 is 11.8 Å². The molecular formula is C23H33N3O2. The fraction of sp³-hybridized carbons (Fsp3) is 0.652. The molecule has 2 amide bonds. The highest BCUT2D eigenvalue weighted by molar-refractivity contribution is 5.94. The van der Waals surface area contributed by atoms with E-state index in [4.69, 9.17) is 0 Å². The van der Waals surface area contributed by atoms with Gasteiger partial charge in [-0.3, -0.25) is 14.5 Å². The molecule has 3 aliphatic heterocycles. The van der Waals surface area contributed by atoms with Gasteiger partial charge in [0.15, 0.2) is 0 Å². The molecule has 1 aromatic carbocycles. The Labute approximate surface area is 168 Å². The van der Waals surface area contributed by atoms with Gasteiger partial charge in [0.1, 0.15) is 6.04 Å². The van der Waals surface area contributed by atoms with Crippen molar-refractivity contribution in [3.63, 3.8) is 0 Å². The summed E-state index contributed by atoms with van der Waals surface area (Å²) in [6.45, 7) is 7.72. The zero-order valence-corrected chi connectivity index (χ0v) is 17.2. The van der Waals surface area contributed by atoms with Crippen molar-refractivity contribution in [2.75, 3.05) is 26.2 Å². The molecule has 0 unspecified atom stereocenters. The monoisotopic (exact) mass is 383 g/mol. The quantitative estimate of drug-likeness (QED) is 0.869. The van der Waals surface area contributed by atoms with Crippen molar-refractivity contribution in [1.29, 1.82) is 0 Å². The first-order valence-electron chi connectivity index (χ1n) is 10.8. The molecule has 0 bridgehead atoms. The van der Waals surface area contributed by atoms with Gasteiger partial charge in [-0.1, -0.05) is 30.3 Å². The van der Waals surface area contributed by atoms with E-state index < -0.39 is 0 Å². The number of benzene rings is 1. The molecule has 3 aliphatic rings. The van der Waals surface area contributed by atoms with E-state index in [1.807, 2.05) is 4.90 Å². The minimum absolute atomic E-state index is 0.0907. The lowest BCUT2D eigenvalue weighted by Crippen LogP contribution is -2.47. The molecule has 1 aromatic rings. The first kappa shape index (κ1) is 19.4. The van der Waals surface area contributed by atoms with Crippen LogP contribution < -0.4 is 5.32 Å². The van der Waals surface area contributed by atoms with Crippen LogP contribution in [0.5, 0.6) is 0 Å². The SMILES string of the molecule is CC(C)N1CC[C@@]2(C[C@@H](C(=O)N3CCC(Cc4ccccc4)CC3)NC2=O)C1. The van der Waals surface area contributed by atoms with Gasteiger partial charge in [0.05, 0.1) is 5.41 Å². The number of carbonyl (C=O) groups is 2. The molecular weight excluding hydrogens is 350 g/mol. The molecule has 3 heterocycles. The number of nitrogens with one attached hydrogen (secondary N) is 1. The van der Waals surface area contributed by atoms with Gasteiger partial charge in [-0.25, -0.2) is 0 Å². The zero-order valence-electron chi connectivity index (χ0n) is 17.2. The largest absolute Gasteiger partial charge is 0.344 e. The molecule has 152 valence electrons. The summed E-state index contributed by atoms with van der Waals surface area (Å²) in [5.74, 6) is 0.866. The van der Waals surface area contributed by atoms with Crippen molar-refractivity contribution in [1.82, 2.24) is 15.1 Å². The maximum Gasteiger partial charge on any atom is 0.245 e. The molecule has 5 heteroatoms. The van der Waals surface area contributed by atoms with E-state index in [0.29, 0.717) is 18.4 Å². The Morgan fingerprint density at radius 3 is 2.54 bits per heavy atom. The molecule has 3 fully saturated rings. The highest BCUT2D eigenvalue weighted by Gasteiger charge is 2.53. The molecule has 0 aromatic heterocycles. The van der Waals surface area contributed by atoms with Crippen LogP contribution in [0, 0.1) is 11.3 Å². The molecule has 5 nitrogen and oxygen atoms in total. The van der Waals surface area contributed by atoms with Crippen LogP contribution in [0.4, 0.5) is 0 Å². The van der Waals surface area contributed by atoms with E-state index in [2.05, 4.69) is 54.4 Å². The molecule has 0 saturated carbocycles. The van der Waals surface area contributed by atoms with E-state index in [1.165, 1.54) is 5.56 Å². The minimum atomic E-state index is -0.351. The third kappa shape index (κ3) is 3.82. The molecule has 0 aliphatic carbocycles. The Morgan fingerprint density at radius 2 is 1.89 bits per heavy atom. The van der Waals surface area contributed by atoms with Gasteiger partial charge in [0, 0.05) is 25.7 Å². The van der Waals surface area contributed by atoms with Crippen molar-refractivity contribution in [3.05, 3.63) is 35.9 Å². The van der Waals surface area contributed by atoms with Crippen molar-refractivity contribution in [3.8, 4) is 0 Å². The second kappa shape index (κ2) is 7.86. The number of amides is 2. The summed E-state index contributed by atoms with van der Waals surface area (Å²) in [4.78, 5) is 30.1. The zero-order chi connectivity index (χ0) is 19.7. The van der Waals surface area contributed by atoms with Crippen molar-refractivity contribution in [2.45, 2.75) is 58.0 Å². The summed E-state index contributed by atoms with van der Waals surface area (Å²) in [6.07, 6.45) is 4.73. The summed E-state index contributed by atoms with van der Waals surface area (Å²) < 4.78 is 0. The first-order valence-corrected chi connectivity index (χ1v) is 10.8. The van der Waals surface area contributed by atoms with Gasteiger partial charge in [0.2, 0.25) is 11.8 Å². The number of likely N-dealkylation sites (tertiary alicyclic amines) is 2. The van der Waals surface area contributed by atoms with Gasteiger partial charge < -0.3 is 10.2 Å². The first-order chi connectivity index (χ1) is 13.5. The number of hydrogen-bond acceptors (Lipinski definition) is 3. The number of nitrogens with zero attached hydrogens (tertiary/aromatic N) is 2. The Bertz CT molecular complexity index is 712. The van der Waals surface area contributed by atoms with Gasteiger partial charge in [0.25, 0.3) is 0 Å². The van der Waals surface area contributed by atoms with Crippen LogP contribution in [0.15, 0.2) is 30.3 Å². The predicted molar refractivity (Wildman–Crippen MR) is 110 cm³/mol. The number of piperidine rings is 1. The Morgan fingerprint density at radius 1 is 1.18 bits per heavy atom. The maximum absolute atomic E-state index is 13.1. The lowest BCUT2D eigenvalue weighted by atomic mass is 9.83. The second-order valence-corrected chi connectivity index (χ2v) is 9.28. The summed E-state index contributed by atoms with van der Waals surface area (Å²) in [7, 11) is 0. The molecule has 1 N–H and O–H groups in total. The number of hydrogen-bond donors (Lipinski definition) is 1. The summed E-state index contributed by atoms with van der Waals surface area (Å²) in [5.41, 5.74) is 1.03.